The maximum absolute atomic E-state index is 9.67. The molecule has 4 nitrogen and oxygen atoms in total. The molecule has 2 heterocycles. The molecule has 0 spiro atoms. The van der Waals surface area contributed by atoms with Gasteiger partial charge in [-0.15, -0.1) is 0 Å². The quantitative estimate of drug-likeness (QED) is 0.154. The van der Waals surface area contributed by atoms with Crippen molar-refractivity contribution < 1.29 is 37.0 Å². The zero-order valence-electron chi connectivity index (χ0n) is 58.1. The van der Waals surface area contributed by atoms with Crippen LogP contribution in [-0.4, -0.2) is 19.5 Å². The Balaban J connectivity index is 1.33. The second-order valence-electron chi connectivity index (χ2n) is 13.2. The van der Waals surface area contributed by atoms with Crippen LogP contribution < -0.4 is 0 Å². The average molecular weight is 806 g/mol. The summed E-state index contributed by atoms with van der Waals surface area (Å²) in [4.78, 5) is 14.3. The lowest BCUT2D eigenvalue weighted by Gasteiger charge is -2.17. The molecule has 0 N–H and O–H groups in total. The first-order chi connectivity index (χ1) is 41.4. The van der Waals surface area contributed by atoms with Crippen molar-refractivity contribution in [2.45, 2.75) is 0 Å². The zero-order valence-corrected chi connectivity index (χ0v) is 31.1. The predicted octanol–water partition coefficient (Wildman–Crippen LogP) is 14.6. The van der Waals surface area contributed by atoms with Gasteiger partial charge in [-0.05, 0) is 80.9 Å². The summed E-state index contributed by atoms with van der Waals surface area (Å²) >= 11 is 0. The fraction of sp³-hybridized carbons (Fsp3) is 0. The Bertz CT molecular complexity index is 4850. The van der Waals surface area contributed by atoms with Crippen LogP contribution in [0.25, 0.3) is 106 Å². The summed E-state index contributed by atoms with van der Waals surface area (Å²) in [5.41, 5.74) is -2.80. The maximum Gasteiger partial charge on any atom is 0.166 e. The molecule has 4 heteroatoms. The van der Waals surface area contributed by atoms with Crippen molar-refractivity contribution >= 4 is 21.8 Å². The number of rotatable bonds is 8. The molecule has 0 radical (unpaired) electrons. The molecule has 2 aromatic heterocycles. The lowest BCUT2D eigenvalue weighted by atomic mass is 9.97. The average Bonchev–Trinajstić information content (AvgIpc) is 1.53. The number of benzene rings is 9. The van der Waals surface area contributed by atoms with Crippen LogP contribution in [0.2, 0.25) is 0 Å². The van der Waals surface area contributed by atoms with Crippen LogP contribution in [0.15, 0.2) is 230 Å². The number of hydrogen-bond donors (Lipinski definition) is 0. The SMILES string of the molecule is [2H]c1c([2H])c([2H])c(-c2cccc(-c3ccc(-n4c5c([2H])c([2H])c([2H])c([2H])c5c5c(-c6c([2H])c([2H])c([2H])c([2H])c6[2H])c([2H])c([2H])c([2H])c54)c(-c4nc(-c5cccc(-c6c([2H])c([2H])c([2H])c([2H])c6[2H])c5)nc(-c5c([2H])c([2H])c([2H])c([2H])c5[2H])n4)c3)c2)c([2H])c1[2H]. The van der Waals surface area contributed by atoms with E-state index in [2.05, 4.69) is 4.98 Å². The Labute approximate surface area is 392 Å². The highest BCUT2D eigenvalue weighted by Crippen LogP contribution is 2.42. The Morgan fingerprint density at radius 2 is 0.803 bits per heavy atom. The third-order valence-corrected chi connectivity index (χ3v) is 9.70. The van der Waals surface area contributed by atoms with E-state index in [9.17, 15) is 6.85 Å². The van der Waals surface area contributed by atoms with Gasteiger partial charge in [0.15, 0.2) is 17.5 Å². The number of nitrogens with zero attached hydrogens (tertiary/aromatic N) is 4. The molecule has 0 saturated heterocycles. The van der Waals surface area contributed by atoms with Gasteiger partial charge in [-0.25, -0.2) is 15.0 Å². The monoisotopic (exact) mass is 805 g/mol. The fourth-order valence-corrected chi connectivity index (χ4v) is 7.02. The van der Waals surface area contributed by atoms with Gasteiger partial charge in [0.25, 0.3) is 0 Å². The van der Waals surface area contributed by atoms with Gasteiger partial charge in [0.2, 0.25) is 0 Å². The number of para-hydroxylation sites is 1. The van der Waals surface area contributed by atoms with Crippen LogP contribution in [0.3, 0.4) is 0 Å². The molecular formula is C57H38N4. The zero-order chi connectivity index (χ0) is 64.0. The van der Waals surface area contributed by atoms with Crippen molar-refractivity contribution in [3.05, 3.63) is 230 Å². The van der Waals surface area contributed by atoms with E-state index in [0.29, 0.717) is 0 Å². The van der Waals surface area contributed by atoms with Crippen LogP contribution in [0.5, 0.6) is 0 Å². The second kappa shape index (κ2) is 15.5. The first-order valence-electron chi connectivity index (χ1n) is 31.9. The normalized spacial score (nSPS) is 17.5. The molecule has 0 aliphatic heterocycles. The number of aromatic nitrogens is 4. The van der Waals surface area contributed by atoms with Crippen molar-refractivity contribution in [2.24, 2.45) is 0 Å². The molecule has 0 aliphatic rings. The van der Waals surface area contributed by atoms with Gasteiger partial charge >= 0.3 is 0 Å². The Morgan fingerprint density at radius 3 is 1.46 bits per heavy atom. The van der Waals surface area contributed by atoms with E-state index < -0.39 is 213 Å². The van der Waals surface area contributed by atoms with Crippen molar-refractivity contribution in [1.82, 2.24) is 19.5 Å². The van der Waals surface area contributed by atoms with Gasteiger partial charge in [-0.1, -0.05) is 194 Å². The highest BCUT2D eigenvalue weighted by atomic mass is 15.1. The molecule has 0 saturated carbocycles. The molecule has 0 fully saturated rings. The molecule has 0 unspecified atom stereocenters. The molecule has 0 atom stereocenters. The molecular weight excluding hydrogens is 741 g/mol. The first-order valence-corrected chi connectivity index (χ1v) is 18.4. The molecule has 0 bridgehead atoms. The van der Waals surface area contributed by atoms with Gasteiger partial charge in [0, 0.05) is 27.5 Å². The van der Waals surface area contributed by atoms with E-state index >= 15 is 0 Å². The van der Waals surface area contributed by atoms with Gasteiger partial charge < -0.3 is 4.57 Å². The highest BCUT2D eigenvalue weighted by Gasteiger charge is 2.22. The first kappa shape index (κ1) is 17.6. The predicted molar refractivity (Wildman–Crippen MR) is 252 cm³/mol. The molecule has 11 rings (SSSR count). The van der Waals surface area contributed by atoms with Crippen molar-refractivity contribution in [1.29, 1.82) is 0 Å². The molecule has 61 heavy (non-hydrogen) atoms. The van der Waals surface area contributed by atoms with Crippen LogP contribution >= 0.6 is 0 Å². The molecule has 286 valence electrons. The maximum atomic E-state index is 9.67. The van der Waals surface area contributed by atoms with Crippen molar-refractivity contribution in [3.63, 3.8) is 0 Å². The fourth-order valence-electron chi connectivity index (χ4n) is 7.02. The van der Waals surface area contributed by atoms with Crippen LogP contribution in [0, 0.1) is 0 Å². The topological polar surface area (TPSA) is 43.6 Å². The summed E-state index contributed by atoms with van der Waals surface area (Å²) in [6.07, 6.45) is 0. The van der Waals surface area contributed by atoms with E-state index in [1.807, 2.05) is 0 Å². The standard InChI is InChI=1S/C57H38N4/c1-5-18-39(19-6-1)43-26-15-28-45(36-43)46-34-35-52(61-51-32-14-13-30-49(51)54-48(31-17-33-53(54)61)41-22-9-3-10-23-41)50(38-46)57-59-55(42-24-11-4-12-25-42)58-56(60-57)47-29-16-27-44(37-47)40-20-7-2-8-21-40/h1-38H/i1D,2D,3D,4D,5D,6D,7D,8D,9D,10D,11D,12D,13D,14D,17D,18D,19D,20D,21D,22D,23D,24D,25D,30D,31D,32D,33D. The summed E-state index contributed by atoms with van der Waals surface area (Å²) < 4.78 is 239. The van der Waals surface area contributed by atoms with Crippen LogP contribution in [-0.2, 0) is 0 Å². The van der Waals surface area contributed by atoms with Gasteiger partial charge in [0.1, 0.15) is 0 Å². The Hall–Kier alpha value is -8.21. The van der Waals surface area contributed by atoms with Gasteiger partial charge in [-0.2, -0.15) is 0 Å². The summed E-state index contributed by atoms with van der Waals surface area (Å²) in [7, 11) is 0. The van der Waals surface area contributed by atoms with Gasteiger partial charge in [0.05, 0.1) is 53.7 Å². The highest BCUT2D eigenvalue weighted by molar-refractivity contribution is 6.16. The van der Waals surface area contributed by atoms with E-state index in [0.717, 1.165) is 4.57 Å². The van der Waals surface area contributed by atoms with E-state index in [1.54, 1.807) is 6.07 Å². The smallest absolute Gasteiger partial charge is 0.166 e. The van der Waals surface area contributed by atoms with Gasteiger partial charge in [-0.3, -0.25) is 0 Å². The Kier molecular flexibility index (Phi) is 4.47. The summed E-state index contributed by atoms with van der Waals surface area (Å²) in [5, 5.41) is -0.861. The van der Waals surface area contributed by atoms with E-state index in [-0.39, 0.29) is 56.0 Å². The third kappa shape index (κ3) is 6.76. The van der Waals surface area contributed by atoms with Crippen molar-refractivity contribution in [3.8, 4) is 84.4 Å². The van der Waals surface area contributed by atoms with Crippen LogP contribution in [0.4, 0.5) is 0 Å². The summed E-state index contributed by atoms with van der Waals surface area (Å²) in [6.45, 7) is 0. The number of hydrogen-bond acceptors (Lipinski definition) is 3. The number of fused-ring (bicyclic) bond motifs is 3. The third-order valence-electron chi connectivity index (χ3n) is 9.70. The van der Waals surface area contributed by atoms with E-state index in [4.69, 9.17) is 40.1 Å². The second-order valence-corrected chi connectivity index (χ2v) is 13.2. The minimum atomic E-state index is -0.888. The molecule has 0 aliphatic carbocycles. The molecule has 9 aromatic carbocycles. The summed E-state index contributed by atoms with van der Waals surface area (Å²) in [5.74, 6) is -1.39. The Morgan fingerprint density at radius 1 is 0.328 bits per heavy atom. The van der Waals surface area contributed by atoms with E-state index in [1.165, 1.54) is 60.7 Å². The minimum Gasteiger partial charge on any atom is -0.308 e. The van der Waals surface area contributed by atoms with Crippen molar-refractivity contribution in [2.75, 3.05) is 0 Å². The largest absolute Gasteiger partial charge is 0.308 e. The molecule has 11 aromatic rings. The summed E-state index contributed by atoms with van der Waals surface area (Å²) in [6, 6.07) is -3.91. The molecule has 0 amide bonds. The lowest BCUT2D eigenvalue weighted by molar-refractivity contribution is 1.06. The minimum absolute atomic E-state index is 0.0233. The van der Waals surface area contributed by atoms with Crippen LogP contribution in [0.1, 0.15) is 37.0 Å². The lowest BCUT2D eigenvalue weighted by Crippen LogP contribution is -2.04.